The van der Waals surface area contributed by atoms with Crippen LogP contribution in [0.15, 0.2) is 0 Å². The maximum Gasteiger partial charge on any atom is 0.339 e. The van der Waals surface area contributed by atoms with Gasteiger partial charge in [0.25, 0.3) is 0 Å². The molecule has 1 saturated heterocycles. The van der Waals surface area contributed by atoms with Crippen LogP contribution >= 0.6 is 0 Å². The molecule has 0 aromatic heterocycles. The van der Waals surface area contributed by atoms with Gasteiger partial charge in [0.2, 0.25) is 12.4 Å². The van der Waals surface area contributed by atoms with Gasteiger partial charge in [-0.3, -0.25) is 24.0 Å². The molecule has 0 unspecified atom stereocenters. The summed E-state index contributed by atoms with van der Waals surface area (Å²) >= 11 is 0. The van der Waals surface area contributed by atoms with Gasteiger partial charge in [0.1, 0.15) is 5.78 Å². The van der Waals surface area contributed by atoms with E-state index in [1.165, 1.54) is 0 Å². The molecule has 4 aliphatic carbocycles. The van der Waals surface area contributed by atoms with E-state index in [4.69, 9.17) is 28.4 Å². The predicted molar refractivity (Wildman–Crippen MR) is 154 cm³/mol. The summed E-state index contributed by atoms with van der Waals surface area (Å²) in [6.07, 6.45) is -0.747. The lowest BCUT2D eigenvalue weighted by atomic mass is 9.40. The van der Waals surface area contributed by atoms with Crippen LogP contribution in [0, 0.1) is 33.5 Å². The van der Waals surface area contributed by atoms with Crippen molar-refractivity contribution < 1.29 is 57.2 Å². The van der Waals surface area contributed by atoms with Crippen molar-refractivity contribution in [3.63, 3.8) is 0 Å². The molecular weight excluding hydrogens is 588 g/mol. The van der Waals surface area contributed by atoms with Gasteiger partial charge in [-0.2, -0.15) is 0 Å². The molecule has 1 aliphatic heterocycles. The van der Waals surface area contributed by atoms with E-state index >= 15 is 0 Å². The van der Waals surface area contributed by atoms with E-state index in [2.05, 4.69) is 13.8 Å². The molecule has 0 aromatic rings. The standard InChI is InChI=1S/C33H46O12/c1-17(34)41-23-24(42-18(2)35)26(43-19(3)36)28(44-25(23)27(38)40-7)45-29(39)32(6)12-8-11-31(5)20(32)10-14-33-15-22(37)30(4,16-33)13-9-21(31)33/h20-21,23-26,28H,8-16H2,1-7H3/t20-,21-,23-,24-,25-,26+,28-,30-,31+,32+,33-/m0/s1. The normalized spacial score (nSPS) is 43.6. The molecule has 45 heavy (non-hydrogen) atoms. The summed E-state index contributed by atoms with van der Waals surface area (Å²) in [5.74, 6) is -3.37. The van der Waals surface area contributed by atoms with E-state index < -0.39 is 66.0 Å². The number of ether oxygens (including phenoxy) is 6. The predicted octanol–water partition coefficient (Wildman–Crippen LogP) is 3.59. The first-order chi connectivity index (χ1) is 21.0. The third-order valence-electron chi connectivity index (χ3n) is 11.9. The molecule has 0 radical (unpaired) electrons. The van der Waals surface area contributed by atoms with Crippen molar-refractivity contribution in [2.24, 2.45) is 33.5 Å². The Bertz CT molecular complexity index is 1280. The summed E-state index contributed by atoms with van der Waals surface area (Å²) < 4.78 is 33.0. The maximum absolute atomic E-state index is 14.4. The number of fused-ring (bicyclic) bond motifs is 3. The molecule has 5 aliphatic rings. The third-order valence-corrected chi connectivity index (χ3v) is 11.9. The Hall–Kier alpha value is -3.02. The van der Waals surface area contributed by atoms with E-state index in [0.717, 1.165) is 72.8 Å². The van der Waals surface area contributed by atoms with Crippen LogP contribution in [0.25, 0.3) is 0 Å². The molecule has 1 spiro atoms. The molecule has 11 atom stereocenters. The van der Waals surface area contributed by atoms with E-state index in [0.29, 0.717) is 24.5 Å². The average Bonchev–Trinajstić information content (AvgIpc) is 3.12. The van der Waals surface area contributed by atoms with Gasteiger partial charge < -0.3 is 28.4 Å². The molecular formula is C33H46O12. The van der Waals surface area contributed by atoms with Crippen molar-refractivity contribution in [1.82, 2.24) is 0 Å². The third kappa shape index (κ3) is 5.54. The molecule has 250 valence electrons. The second-order valence-electron chi connectivity index (χ2n) is 14.7. The minimum Gasteiger partial charge on any atom is -0.467 e. The number of rotatable bonds is 6. The highest BCUT2D eigenvalue weighted by molar-refractivity contribution is 5.88. The maximum atomic E-state index is 14.4. The summed E-state index contributed by atoms with van der Waals surface area (Å²) in [6.45, 7) is 9.59. The zero-order valence-corrected chi connectivity index (χ0v) is 27.3. The second kappa shape index (κ2) is 11.7. The Morgan fingerprint density at radius 3 is 1.98 bits per heavy atom. The number of methoxy groups -OCH3 is 1. The second-order valence-corrected chi connectivity index (χ2v) is 14.7. The quantitative estimate of drug-likeness (QED) is 0.309. The lowest BCUT2D eigenvalue weighted by Crippen LogP contribution is -2.65. The Kier molecular flexibility index (Phi) is 8.63. The molecule has 0 N–H and O–H groups in total. The Morgan fingerprint density at radius 1 is 0.756 bits per heavy atom. The molecule has 12 heteroatoms. The molecule has 5 fully saturated rings. The first kappa shape index (κ1) is 33.3. The molecule has 2 bridgehead atoms. The molecule has 4 saturated carbocycles. The lowest BCUT2D eigenvalue weighted by molar-refractivity contribution is -0.299. The fourth-order valence-electron chi connectivity index (χ4n) is 10.2. The van der Waals surface area contributed by atoms with E-state index in [9.17, 15) is 28.8 Å². The first-order valence-electron chi connectivity index (χ1n) is 16.0. The van der Waals surface area contributed by atoms with Crippen LogP contribution in [0.2, 0.25) is 0 Å². The number of hydrogen-bond acceptors (Lipinski definition) is 12. The van der Waals surface area contributed by atoms with Crippen LogP contribution in [0.1, 0.15) is 99.3 Å². The van der Waals surface area contributed by atoms with Gasteiger partial charge in [-0.05, 0) is 74.5 Å². The minimum atomic E-state index is -1.68. The van der Waals surface area contributed by atoms with Gasteiger partial charge in [0, 0.05) is 32.6 Å². The summed E-state index contributed by atoms with van der Waals surface area (Å²) in [4.78, 5) is 76.7. The average molecular weight is 635 g/mol. The highest BCUT2D eigenvalue weighted by atomic mass is 16.7. The molecule has 12 nitrogen and oxygen atoms in total. The van der Waals surface area contributed by atoms with E-state index in [1.807, 2.05) is 6.92 Å². The fraction of sp³-hybridized carbons (Fsp3) is 0.818. The van der Waals surface area contributed by atoms with Crippen LogP contribution in [0.5, 0.6) is 0 Å². The highest BCUT2D eigenvalue weighted by Gasteiger charge is 2.68. The number of carbonyl (C=O) groups excluding carboxylic acids is 6. The number of carbonyl (C=O) groups is 6. The van der Waals surface area contributed by atoms with E-state index in [-0.39, 0.29) is 22.2 Å². The first-order valence-corrected chi connectivity index (χ1v) is 16.0. The van der Waals surface area contributed by atoms with Crippen LogP contribution in [-0.2, 0) is 57.2 Å². The van der Waals surface area contributed by atoms with Gasteiger partial charge in [0.05, 0.1) is 12.5 Å². The van der Waals surface area contributed by atoms with Gasteiger partial charge >= 0.3 is 29.8 Å². The number of hydrogen-bond donors (Lipinski definition) is 0. The van der Waals surface area contributed by atoms with Crippen LogP contribution < -0.4 is 0 Å². The van der Waals surface area contributed by atoms with Gasteiger partial charge in [-0.15, -0.1) is 0 Å². The zero-order chi connectivity index (χ0) is 33.1. The van der Waals surface area contributed by atoms with Crippen molar-refractivity contribution in [2.45, 2.75) is 130 Å². The van der Waals surface area contributed by atoms with Crippen molar-refractivity contribution in [1.29, 1.82) is 0 Å². The molecule has 5 rings (SSSR count). The van der Waals surface area contributed by atoms with Gasteiger partial charge in [-0.1, -0.05) is 20.3 Å². The highest BCUT2D eigenvalue weighted by Crippen LogP contribution is 2.73. The molecule has 0 amide bonds. The van der Waals surface area contributed by atoms with Crippen LogP contribution in [0.4, 0.5) is 0 Å². The molecule has 1 heterocycles. The largest absolute Gasteiger partial charge is 0.467 e. The molecule has 0 aromatic carbocycles. The monoisotopic (exact) mass is 634 g/mol. The summed E-state index contributed by atoms with van der Waals surface area (Å²) in [5.41, 5.74) is -1.44. The summed E-state index contributed by atoms with van der Waals surface area (Å²) in [5, 5.41) is 0. The van der Waals surface area contributed by atoms with Crippen LogP contribution in [-0.4, -0.2) is 73.4 Å². The van der Waals surface area contributed by atoms with Crippen molar-refractivity contribution in [3.05, 3.63) is 0 Å². The topological polar surface area (TPSA) is 158 Å². The summed E-state index contributed by atoms with van der Waals surface area (Å²) in [6, 6.07) is 0. The number of ketones is 1. The fourth-order valence-corrected chi connectivity index (χ4v) is 10.2. The number of esters is 5. The van der Waals surface area contributed by atoms with Crippen LogP contribution in [0.3, 0.4) is 0 Å². The zero-order valence-electron chi connectivity index (χ0n) is 27.3. The van der Waals surface area contributed by atoms with Crippen molar-refractivity contribution in [2.75, 3.05) is 7.11 Å². The minimum absolute atomic E-state index is 0.0406. The smallest absolute Gasteiger partial charge is 0.339 e. The summed E-state index contributed by atoms with van der Waals surface area (Å²) in [7, 11) is 1.10. The Balaban J connectivity index is 1.46. The number of Topliss-reactive ketones (excluding diaryl/α,β-unsaturated/α-hetero) is 1. The van der Waals surface area contributed by atoms with Crippen molar-refractivity contribution in [3.8, 4) is 0 Å². The lowest BCUT2D eigenvalue weighted by Gasteiger charge is -2.64. The van der Waals surface area contributed by atoms with Crippen molar-refractivity contribution >= 4 is 35.6 Å². The Labute approximate surface area is 263 Å². The van der Waals surface area contributed by atoms with Gasteiger partial charge in [-0.25, -0.2) is 4.79 Å². The Morgan fingerprint density at radius 2 is 1.36 bits per heavy atom. The SMILES string of the molecule is COC(=O)[C@H]1O[C@@H](OC(=O)[C@]2(C)CCC[C@@]3(C)[C@@H]4CC[C@@]5(C)C[C@]4(CC[C@@H]32)CC5=O)[C@H](OC(C)=O)[C@@H](OC(C)=O)[C@@H]1OC(C)=O. The van der Waals surface area contributed by atoms with Gasteiger partial charge in [0.15, 0.2) is 18.3 Å². The van der Waals surface area contributed by atoms with E-state index in [1.54, 1.807) is 0 Å².